The van der Waals surface area contributed by atoms with Crippen LogP contribution in [0.5, 0.6) is 0 Å². The average molecular weight is 573 g/mol. The maximum absolute atomic E-state index is 12.9. The number of aliphatic hydroxyl groups is 1. The molecule has 1 aliphatic rings. The quantitative estimate of drug-likeness (QED) is 0.273. The van der Waals surface area contributed by atoms with E-state index >= 15 is 0 Å². The second-order valence-corrected chi connectivity index (χ2v) is 10.4. The summed E-state index contributed by atoms with van der Waals surface area (Å²) in [6, 6.07) is 9.86. The summed E-state index contributed by atoms with van der Waals surface area (Å²) in [7, 11) is 1.70. The smallest absolute Gasteiger partial charge is 0.379 e. The number of alkyl halides is 3. The number of rotatable bonds is 8. The summed E-state index contributed by atoms with van der Waals surface area (Å²) < 4.78 is 45.0. The SMILES string of the molecule is CCNC(=O)Nc1nc2cc(-c3ccc(C(O)C(F)(F)F)nc3)cc(-c3cc(CN4CC(OC)C4)ccn3)c2s1. The number of aromatic nitrogens is 3. The highest BCUT2D eigenvalue weighted by molar-refractivity contribution is 7.22. The van der Waals surface area contributed by atoms with Gasteiger partial charge in [-0.15, -0.1) is 0 Å². The van der Waals surface area contributed by atoms with E-state index in [0.29, 0.717) is 34.0 Å². The van der Waals surface area contributed by atoms with E-state index in [2.05, 4.69) is 30.5 Å². The lowest BCUT2D eigenvalue weighted by Gasteiger charge is -2.38. The third-order valence-electron chi connectivity index (χ3n) is 6.52. The molecule has 5 rings (SSSR count). The third kappa shape index (κ3) is 6.07. The number of benzene rings is 1. The molecule has 0 radical (unpaired) electrons. The molecule has 1 aromatic carbocycles. The van der Waals surface area contributed by atoms with E-state index in [9.17, 15) is 23.1 Å². The van der Waals surface area contributed by atoms with Gasteiger partial charge in [0.15, 0.2) is 11.2 Å². The largest absolute Gasteiger partial charge is 0.420 e. The summed E-state index contributed by atoms with van der Waals surface area (Å²) in [5.74, 6) is 0. The van der Waals surface area contributed by atoms with Crippen LogP contribution in [0.1, 0.15) is 24.3 Å². The van der Waals surface area contributed by atoms with Gasteiger partial charge in [-0.25, -0.2) is 9.78 Å². The lowest BCUT2D eigenvalue weighted by atomic mass is 10.0. The monoisotopic (exact) mass is 572 g/mol. The second kappa shape index (κ2) is 11.5. The van der Waals surface area contributed by atoms with E-state index in [4.69, 9.17) is 4.74 Å². The van der Waals surface area contributed by atoms with Crippen molar-refractivity contribution in [2.45, 2.75) is 31.9 Å². The number of nitrogens with one attached hydrogen (secondary N) is 2. The van der Waals surface area contributed by atoms with Gasteiger partial charge in [0.2, 0.25) is 0 Å². The molecule has 4 heterocycles. The van der Waals surface area contributed by atoms with Gasteiger partial charge in [0.25, 0.3) is 0 Å². The topological polar surface area (TPSA) is 112 Å². The van der Waals surface area contributed by atoms with Gasteiger partial charge in [0, 0.05) is 56.8 Å². The number of hydrogen-bond donors (Lipinski definition) is 3. The van der Waals surface area contributed by atoms with Crippen LogP contribution in [0.4, 0.5) is 23.1 Å². The van der Waals surface area contributed by atoms with Crippen molar-refractivity contribution in [1.29, 1.82) is 0 Å². The Bertz CT molecular complexity index is 1510. The van der Waals surface area contributed by atoms with Crippen LogP contribution in [0.25, 0.3) is 32.6 Å². The molecule has 1 fully saturated rings. The molecule has 13 heteroatoms. The number of methoxy groups -OCH3 is 1. The van der Waals surface area contributed by atoms with E-state index in [1.807, 2.05) is 25.1 Å². The van der Waals surface area contributed by atoms with E-state index in [1.54, 1.807) is 19.4 Å². The number of fused-ring (bicyclic) bond motifs is 1. The van der Waals surface area contributed by atoms with Crippen molar-refractivity contribution in [3.8, 4) is 22.4 Å². The van der Waals surface area contributed by atoms with Crippen molar-refractivity contribution < 1.29 is 27.8 Å². The number of hydrogen-bond acceptors (Lipinski definition) is 8. The molecule has 0 spiro atoms. The number of anilines is 1. The van der Waals surface area contributed by atoms with E-state index in [0.717, 1.165) is 41.5 Å². The zero-order chi connectivity index (χ0) is 28.4. The fourth-order valence-electron chi connectivity index (χ4n) is 4.43. The minimum absolute atomic E-state index is 0.239. The summed E-state index contributed by atoms with van der Waals surface area (Å²) >= 11 is 1.30. The molecule has 4 aromatic rings. The molecule has 1 saturated heterocycles. The van der Waals surface area contributed by atoms with Crippen LogP contribution in [0.3, 0.4) is 0 Å². The number of thiazole rings is 1. The first kappa shape index (κ1) is 27.9. The molecule has 1 atom stereocenters. The molecule has 0 saturated carbocycles. The van der Waals surface area contributed by atoms with Crippen molar-refractivity contribution in [3.63, 3.8) is 0 Å². The van der Waals surface area contributed by atoms with Crippen LogP contribution in [0.15, 0.2) is 48.8 Å². The predicted molar refractivity (Wildman–Crippen MR) is 146 cm³/mol. The van der Waals surface area contributed by atoms with Gasteiger partial charge < -0.3 is 15.2 Å². The molecule has 40 heavy (non-hydrogen) atoms. The summed E-state index contributed by atoms with van der Waals surface area (Å²) in [4.78, 5) is 27.4. The van der Waals surface area contributed by atoms with E-state index < -0.39 is 18.0 Å². The lowest BCUT2D eigenvalue weighted by Crippen LogP contribution is -2.50. The van der Waals surface area contributed by atoms with Crippen molar-refractivity contribution >= 4 is 32.7 Å². The normalized spacial score (nSPS) is 15.2. The van der Waals surface area contributed by atoms with Crippen LogP contribution in [0.2, 0.25) is 0 Å². The zero-order valence-corrected chi connectivity index (χ0v) is 22.5. The number of carbonyl (C=O) groups excluding carboxylic acids is 1. The summed E-state index contributed by atoms with van der Waals surface area (Å²) in [5.41, 5.74) is 3.80. The molecule has 3 N–H and O–H groups in total. The maximum atomic E-state index is 12.9. The zero-order valence-electron chi connectivity index (χ0n) is 21.7. The number of urea groups is 1. The molecule has 9 nitrogen and oxygen atoms in total. The van der Waals surface area contributed by atoms with E-state index in [-0.39, 0.29) is 12.1 Å². The Morgan fingerprint density at radius 2 is 2.00 bits per heavy atom. The fourth-order valence-corrected chi connectivity index (χ4v) is 5.39. The molecule has 3 aromatic heterocycles. The maximum Gasteiger partial charge on any atom is 0.420 e. The minimum atomic E-state index is -4.81. The minimum Gasteiger partial charge on any atom is -0.379 e. The lowest BCUT2D eigenvalue weighted by molar-refractivity contribution is -0.207. The van der Waals surface area contributed by atoms with Crippen LogP contribution in [-0.4, -0.2) is 70.0 Å². The number of amides is 2. The van der Waals surface area contributed by atoms with E-state index in [1.165, 1.54) is 23.6 Å². The molecule has 0 aliphatic carbocycles. The molecule has 0 bridgehead atoms. The van der Waals surface area contributed by atoms with Gasteiger partial charge in [-0.05, 0) is 48.4 Å². The van der Waals surface area contributed by atoms with Gasteiger partial charge in [0.1, 0.15) is 0 Å². The number of ether oxygens (including phenoxy) is 1. The standard InChI is InChI=1S/C27H27F3N6O3S/c1-3-31-25(38)35-26-34-22-10-17(16-4-5-20(33-11-16)24(37)27(28,29)30)9-19(23(22)40-26)21-8-15(6-7-32-21)12-36-13-18(14-36)39-2/h4-11,18,24,37H,3,12-14H2,1-2H3,(H2,31,34,35,38). The highest BCUT2D eigenvalue weighted by atomic mass is 32.1. The Morgan fingerprint density at radius 1 is 1.20 bits per heavy atom. The molecule has 210 valence electrons. The second-order valence-electron chi connectivity index (χ2n) is 9.39. The third-order valence-corrected chi connectivity index (χ3v) is 7.54. The van der Waals surface area contributed by atoms with Crippen molar-refractivity contribution in [2.75, 3.05) is 32.1 Å². The molecular formula is C27H27F3N6O3S. The van der Waals surface area contributed by atoms with Gasteiger partial charge >= 0.3 is 12.2 Å². The van der Waals surface area contributed by atoms with Gasteiger partial charge in [-0.1, -0.05) is 17.4 Å². The number of pyridine rings is 2. The van der Waals surface area contributed by atoms with Crippen molar-refractivity contribution in [1.82, 2.24) is 25.2 Å². The average Bonchev–Trinajstić information content (AvgIpc) is 3.31. The first-order chi connectivity index (χ1) is 19.1. The number of carbonyl (C=O) groups is 1. The number of halogens is 3. The van der Waals surface area contributed by atoms with Gasteiger partial charge in [0.05, 0.1) is 27.7 Å². The summed E-state index contributed by atoms with van der Waals surface area (Å²) in [6.07, 6.45) is -4.22. The molecule has 2 amide bonds. The summed E-state index contributed by atoms with van der Waals surface area (Å²) in [6.45, 7) is 4.70. The highest BCUT2D eigenvalue weighted by Crippen LogP contribution is 2.39. The Labute approximate surface area is 232 Å². The van der Waals surface area contributed by atoms with Crippen LogP contribution in [0, 0.1) is 0 Å². The van der Waals surface area contributed by atoms with Crippen LogP contribution >= 0.6 is 11.3 Å². The Kier molecular flexibility index (Phi) is 7.99. The number of likely N-dealkylation sites (tertiary alicyclic amines) is 1. The molecular weight excluding hydrogens is 545 g/mol. The van der Waals surface area contributed by atoms with Crippen LogP contribution in [-0.2, 0) is 11.3 Å². The van der Waals surface area contributed by atoms with Crippen molar-refractivity contribution in [2.24, 2.45) is 0 Å². The van der Waals surface area contributed by atoms with Gasteiger partial charge in [-0.3, -0.25) is 20.2 Å². The first-order valence-electron chi connectivity index (χ1n) is 12.6. The van der Waals surface area contributed by atoms with Crippen LogP contribution < -0.4 is 10.6 Å². The first-order valence-corrected chi connectivity index (χ1v) is 13.4. The van der Waals surface area contributed by atoms with Gasteiger partial charge in [-0.2, -0.15) is 13.2 Å². The predicted octanol–water partition coefficient (Wildman–Crippen LogP) is 4.99. The molecule has 1 unspecified atom stereocenters. The Hall–Kier alpha value is -3.65. The fraction of sp³-hybridized carbons (Fsp3) is 0.333. The summed E-state index contributed by atoms with van der Waals surface area (Å²) in [5, 5.41) is 15.4. The highest BCUT2D eigenvalue weighted by Gasteiger charge is 2.40. The number of nitrogens with zero attached hydrogens (tertiary/aromatic N) is 4. The van der Waals surface area contributed by atoms with Crippen molar-refractivity contribution in [3.05, 3.63) is 60.0 Å². The molecule has 1 aliphatic heterocycles. The Morgan fingerprint density at radius 3 is 2.67 bits per heavy atom. The Balaban J connectivity index is 1.53. The number of aliphatic hydroxyl groups excluding tert-OH is 1.